The van der Waals surface area contributed by atoms with E-state index in [1.54, 1.807) is 24.9 Å². The number of piperidine rings is 1. The zero-order chi connectivity index (χ0) is 26.1. The maximum absolute atomic E-state index is 13.4. The van der Waals surface area contributed by atoms with E-state index in [0.717, 1.165) is 17.5 Å². The molecular formula is C27H35ClN4O4. The number of nitrogens with zero attached hydrogens (tertiary/aromatic N) is 1. The Balaban J connectivity index is 1.67. The summed E-state index contributed by atoms with van der Waals surface area (Å²) in [5, 5.41) is 9.21. The average molecular weight is 515 g/mol. The molecule has 3 amide bonds. The number of ether oxygens (including phenoxy) is 1. The zero-order valence-corrected chi connectivity index (χ0v) is 21.9. The molecule has 194 valence electrons. The minimum atomic E-state index is -0.954. The predicted molar refractivity (Wildman–Crippen MR) is 141 cm³/mol. The Kier molecular flexibility index (Phi) is 9.73. The van der Waals surface area contributed by atoms with Crippen LogP contribution in [0.2, 0.25) is 5.02 Å². The standard InChI is InChI=1S/C27H35ClN4O4/c1-4-20-9-11-22(12-10-20)31-26(35)36-18-27(13-15-32(16-14-27)24(33)19(2)29-3)25(34)30-17-21-7-5-6-8-23(21)28/h5-12,19,29H,4,13-18H2,1-3H3,(H,30,34)(H,31,35). The van der Waals surface area contributed by atoms with E-state index in [9.17, 15) is 14.4 Å². The number of hydrogen-bond donors (Lipinski definition) is 3. The summed E-state index contributed by atoms with van der Waals surface area (Å²) in [7, 11) is 1.74. The molecule has 0 spiro atoms. The Labute approximate surface area is 217 Å². The lowest BCUT2D eigenvalue weighted by molar-refractivity contribution is -0.143. The van der Waals surface area contributed by atoms with E-state index < -0.39 is 11.5 Å². The fourth-order valence-electron chi connectivity index (χ4n) is 4.18. The van der Waals surface area contributed by atoms with Crippen LogP contribution in [0.3, 0.4) is 0 Å². The quantitative estimate of drug-likeness (QED) is 0.470. The number of rotatable bonds is 9. The van der Waals surface area contributed by atoms with Crippen LogP contribution < -0.4 is 16.0 Å². The van der Waals surface area contributed by atoms with Crippen LogP contribution in [0.15, 0.2) is 48.5 Å². The Morgan fingerprint density at radius 1 is 1.08 bits per heavy atom. The Morgan fingerprint density at radius 3 is 2.36 bits per heavy atom. The van der Waals surface area contributed by atoms with Crippen molar-refractivity contribution in [2.24, 2.45) is 5.41 Å². The molecule has 3 N–H and O–H groups in total. The number of carbonyl (C=O) groups is 3. The van der Waals surface area contributed by atoms with Gasteiger partial charge in [0.2, 0.25) is 11.8 Å². The van der Waals surface area contributed by atoms with Gasteiger partial charge in [0.1, 0.15) is 6.61 Å². The second-order valence-electron chi connectivity index (χ2n) is 9.14. The largest absolute Gasteiger partial charge is 0.448 e. The predicted octanol–water partition coefficient (Wildman–Crippen LogP) is 3.98. The van der Waals surface area contributed by atoms with Crippen molar-refractivity contribution in [3.05, 3.63) is 64.7 Å². The maximum atomic E-state index is 13.4. The fraction of sp³-hybridized carbons (Fsp3) is 0.444. The first-order valence-electron chi connectivity index (χ1n) is 12.3. The number of carbonyl (C=O) groups excluding carboxylic acids is 3. The number of nitrogens with one attached hydrogen (secondary N) is 3. The Bertz CT molecular complexity index is 1050. The molecule has 0 aliphatic carbocycles. The van der Waals surface area contributed by atoms with Gasteiger partial charge in [0.15, 0.2) is 0 Å². The van der Waals surface area contributed by atoms with Crippen LogP contribution >= 0.6 is 11.6 Å². The smallest absolute Gasteiger partial charge is 0.411 e. The van der Waals surface area contributed by atoms with Gasteiger partial charge in [-0.05, 0) is 62.6 Å². The summed E-state index contributed by atoms with van der Waals surface area (Å²) in [5.74, 6) is -0.243. The molecule has 0 aromatic heterocycles. The van der Waals surface area contributed by atoms with E-state index in [-0.39, 0.29) is 31.0 Å². The summed E-state index contributed by atoms with van der Waals surface area (Å²) in [6.07, 6.45) is 1.03. The summed E-state index contributed by atoms with van der Waals surface area (Å²) in [6, 6.07) is 14.5. The van der Waals surface area contributed by atoms with Gasteiger partial charge in [0.25, 0.3) is 0 Å². The number of amides is 3. The van der Waals surface area contributed by atoms with Crippen LogP contribution in [0.1, 0.15) is 37.8 Å². The summed E-state index contributed by atoms with van der Waals surface area (Å²) in [4.78, 5) is 40.3. The molecular weight excluding hydrogens is 480 g/mol. The van der Waals surface area contributed by atoms with Gasteiger partial charge >= 0.3 is 6.09 Å². The highest BCUT2D eigenvalue weighted by Gasteiger charge is 2.44. The van der Waals surface area contributed by atoms with E-state index in [1.165, 1.54) is 0 Å². The highest BCUT2D eigenvalue weighted by atomic mass is 35.5. The van der Waals surface area contributed by atoms with E-state index >= 15 is 0 Å². The van der Waals surface area contributed by atoms with E-state index in [1.807, 2.05) is 42.5 Å². The number of likely N-dealkylation sites (tertiary alicyclic amines) is 1. The molecule has 2 aromatic rings. The molecule has 1 heterocycles. The molecule has 9 heteroatoms. The minimum Gasteiger partial charge on any atom is -0.448 e. The van der Waals surface area contributed by atoms with Gasteiger partial charge in [0, 0.05) is 30.3 Å². The van der Waals surface area contributed by atoms with Crippen molar-refractivity contribution in [3.8, 4) is 0 Å². The molecule has 1 saturated heterocycles. The molecule has 36 heavy (non-hydrogen) atoms. The molecule has 1 unspecified atom stereocenters. The first kappa shape index (κ1) is 27.5. The second-order valence-corrected chi connectivity index (χ2v) is 9.55. The number of benzene rings is 2. The van der Waals surface area contributed by atoms with E-state index in [2.05, 4.69) is 22.9 Å². The molecule has 2 aromatic carbocycles. The lowest BCUT2D eigenvalue weighted by Gasteiger charge is -2.40. The molecule has 0 radical (unpaired) electrons. The van der Waals surface area contributed by atoms with Crippen molar-refractivity contribution in [1.29, 1.82) is 0 Å². The Morgan fingerprint density at radius 2 is 1.75 bits per heavy atom. The van der Waals surface area contributed by atoms with Gasteiger partial charge in [0.05, 0.1) is 11.5 Å². The molecule has 8 nitrogen and oxygen atoms in total. The first-order valence-corrected chi connectivity index (χ1v) is 12.7. The minimum absolute atomic E-state index is 0.0169. The number of anilines is 1. The summed E-state index contributed by atoms with van der Waals surface area (Å²) in [5.41, 5.74) is 1.63. The lowest BCUT2D eigenvalue weighted by atomic mass is 9.78. The average Bonchev–Trinajstić information content (AvgIpc) is 2.91. The number of hydrogen-bond acceptors (Lipinski definition) is 5. The fourth-order valence-corrected chi connectivity index (χ4v) is 4.38. The van der Waals surface area contributed by atoms with Crippen molar-refractivity contribution in [2.45, 2.75) is 45.7 Å². The third kappa shape index (κ3) is 6.98. The number of likely N-dealkylation sites (N-methyl/N-ethyl adjacent to an activating group) is 1. The SMILES string of the molecule is CCc1ccc(NC(=O)OCC2(C(=O)NCc3ccccc3Cl)CCN(C(=O)C(C)NC)CC2)cc1. The number of halogens is 1. The van der Waals surface area contributed by atoms with Crippen LogP contribution in [-0.4, -0.2) is 55.6 Å². The topological polar surface area (TPSA) is 99.8 Å². The van der Waals surface area contributed by atoms with Gasteiger partial charge < -0.3 is 20.3 Å². The zero-order valence-electron chi connectivity index (χ0n) is 21.1. The van der Waals surface area contributed by atoms with Gasteiger partial charge in [-0.25, -0.2) is 4.79 Å². The highest BCUT2D eigenvalue weighted by Crippen LogP contribution is 2.33. The van der Waals surface area contributed by atoms with Crippen molar-refractivity contribution in [2.75, 3.05) is 32.1 Å². The summed E-state index contributed by atoms with van der Waals surface area (Å²) in [6.45, 7) is 4.83. The first-order chi connectivity index (χ1) is 17.3. The van der Waals surface area contributed by atoms with E-state index in [4.69, 9.17) is 16.3 Å². The van der Waals surface area contributed by atoms with Gasteiger partial charge in [-0.15, -0.1) is 0 Å². The van der Waals surface area contributed by atoms with Gasteiger partial charge in [-0.1, -0.05) is 48.9 Å². The normalized spacial score (nSPS) is 15.6. The van der Waals surface area contributed by atoms with Gasteiger partial charge in [-0.3, -0.25) is 14.9 Å². The van der Waals surface area contributed by atoms with Crippen LogP contribution in [0.25, 0.3) is 0 Å². The highest BCUT2D eigenvalue weighted by molar-refractivity contribution is 6.31. The van der Waals surface area contributed by atoms with Crippen molar-refractivity contribution >= 4 is 35.2 Å². The molecule has 1 fully saturated rings. The van der Waals surface area contributed by atoms with Crippen LogP contribution in [0.5, 0.6) is 0 Å². The maximum Gasteiger partial charge on any atom is 0.411 e. The van der Waals surface area contributed by atoms with Crippen LogP contribution in [0, 0.1) is 5.41 Å². The van der Waals surface area contributed by atoms with E-state index in [0.29, 0.717) is 36.6 Å². The summed E-state index contributed by atoms with van der Waals surface area (Å²) < 4.78 is 5.55. The van der Waals surface area contributed by atoms with Crippen molar-refractivity contribution in [1.82, 2.24) is 15.5 Å². The van der Waals surface area contributed by atoms with Gasteiger partial charge in [-0.2, -0.15) is 0 Å². The second kappa shape index (κ2) is 12.7. The molecule has 3 rings (SSSR count). The molecule has 1 aliphatic heterocycles. The third-order valence-corrected chi connectivity index (χ3v) is 7.17. The third-order valence-electron chi connectivity index (χ3n) is 6.80. The molecule has 1 aliphatic rings. The molecule has 1 atom stereocenters. The molecule has 0 saturated carbocycles. The Hall–Kier alpha value is -3.10. The van der Waals surface area contributed by atoms with Crippen molar-refractivity contribution in [3.63, 3.8) is 0 Å². The summed E-state index contributed by atoms with van der Waals surface area (Å²) >= 11 is 6.25. The van der Waals surface area contributed by atoms with Crippen LogP contribution in [-0.2, 0) is 27.3 Å². The lowest BCUT2D eigenvalue weighted by Crippen LogP contribution is -2.54. The molecule has 0 bridgehead atoms. The number of aryl methyl sites for hydroxylation is 1. The van der Waals surface area contributed by atoms with Crippen LogP contribution in [0.4, 0.5) is 10.5 Å². The monoisotopic (exact) mass is 514 g/mol. The van der Waals surface area contributed by atoms with Crippen molar-refractivity contribution < 1.29 is 19.1 Å².